The molecule has 2 aromatic carbocycles. The molecule has 2 N–H and O–H groups in total. The fourth-order valence-corrected chi connectivity index (χ4v) is 3.86. The first-order valence-electron chi connectivity index (χ1n) is 10.9. The predicted octanol–water partition coefficient (Wildman–Crippen LogP) is 4.46. The summed E-state index contributed by atoms with van der Waals surface area (Å²) in [4.78, 5) is 12.8. The summed E-state index contributed by atoms with van der Waals surface area (Å²) in [5.41, 5.74) is 1.94. The lowest BCUT2D eigenvalue weighted by atomic mass is 10.0. The van der Waals surface area contributed by atoms with Crippen LogP contribution in [0.4, 0.5) is 0 Å². The van der Waals surface area contributed by atoms with Crippen molar-refractivity contribution in [3.05, 3.63) is 59.7 Å². The van der Waals surface area contributed by atoms with Crippen LogP contribution in [0.5, 0.6) is 11.5 Å². The molecule has 1 aliphatic rings. The van der Waals surface area contributed by atoms with Crippen LogP contribution in [0.15, 0.2) is 48.5 Å². The van der Waals surface area contributed by atoms with E-state index < -0.39 is 6.04 Å². The number of benzene rings is 2. The zero-order valence-corrected chi connectivity index (χ0v) is 18.1. The van der Waals surface area contributed by atoms with Crippen molar-refractivity contribution >= 4 is 5.91 Å². The van der Waals surface area contributed by atoms with Crippen molar-refractivity contribution in [2.75, 3.05) is 20.3 Å². The lowest BCUT2D eigenvalue weighted by Crippen LogP contribution is -2.32. The number of methoxy groups -OCH3 is 1. The van der Waals surface area contributed by atoms with Gasteiger partial charge < -0.3 is 19.9 Å². The highest BCUT2D eigenvalue weighted by Gasteiger charge is 2.44. The molecule has 0 radical (unpaired) electrons. The van der Waals surface area contributed by atoms with Crippen LogP contribution in [0.25, 0.3) is 0 Å². The molecule has 0 bridgehead atoms. The fourth-order valence-electron chi connectivity index (χ4n) is 3.86. The van der Waals surface area contributed by atoms with Gasteiger partial charge >= 0.3 is 0 Å². The van der Waals surface area contributed by atoms with Crippen LogP contribution in [0.2, 0.25) is 0 Å². The molecule has 0 saturated heterocycles. The van der Waals surface area contributed by atoms with Gasteiger partial charge in [0.25, 0.3) is 0 Å². The third-order valence-electron chi connectivity index (χ3n) is 6.07. The minimum absolute atomic E-state index is 0.0287. The standard InChI is InChI=1S/C25H33NO4/c1-4-17(5-2)16-30-19-11-12-20(24(13-19)29-3)23(15-27)26-25(28)22-14-21(22)18-9-7-6-8-10-18/h6-13,17,21-23,27H,4-5,14-16H2,1-3H3,(H,26,28). The molecular formula is C25H33NO4. The summed E-state index contributed by atoms with van der Waals surface area (Å²) in [6.07, 6.45) is 3.00. The van der Waals surface area contributed by atoms with Crippen molar-refractivity contribution in [1.82, 2.24) is 5.32 Å². The maximum Gasteiger partial charge on any atom is 0.224 e. The maximum atomic E-state index is 12.8. The summed E-state index contributed by atoms with van der Waals surface area (Å²) >= 11 is 0. The van der Waals surface area contributed by atoms with Crippen LogP contribution >= 0.6 is 0 Å². The van der Waals surface area contributed by atoms with Gasteiger partial charge in [0.15, 0.2) is 0 Å². The summed E-state index contributed by atoms with van der Waals surface area (Å²) in [5, 5.41) is 12.9. The lowest BCUT2D eigenvalue weighted by molar-refractivity contribution is -0.123. The molecule has 0 heterocycles. The van der Waals surface area contributed by atoms with Crippen molar-refractivity contribution in [2.45, 2.75) is 45.1 Å². The average molecular weight is 412 g/mol. The molecule has 2 aromatic rings. The molecule has 162 valence electrons. The maximum absolute atomic E-state index is 12.8. The molecule has 1 aliphatic carbocycles. The Bertz CT molecular complexity index is 819. The first-order valence-corrected chi connectivity index (χ1v) is 10.9. The molecule has 3 rings (SSSR count). The molecule has 5 nitrogen and oxygen atoms in total. The van der Waals surface area contributed by atoms with Crippen LogP contribution in [0.1, 0.15) is 56.2 Å². The summed E-state index contributed by atoms with van der Waals surface area (Å²) in [7, 11) is 1.59. The topological polar surface area (TPSA) is 67.8 Å². The minimum Gasteiger partial charge on any atom is -0.496 e. The van der Waals surface area contributed by atoms with E-state index in [4.69, 9.17) is 9.47 Å². The van der Waals surface area contributed by atoms with Gasteiger partial charge in [-0.05, 0) is 36.0 Å². The van der Waals surface area contributed by atoms with E-state index in [0.717, 1.165) is 30.6 Å². The second kappa shape index (κ2) is 10.5. The highest BCUT2D eigenvalue weighted by atomic mass is 16.5. The van der Waals surface area contributed by atoms with Crippen LogP contribution in [0, 0.1) is 11.8 Å². The molecular weight excluding hydrogens is 378 g/mol. The molecule has 1 amide bonds. The number of nitrogens with one attached hydrogen (secondary N) is 1. The van der Waals surface area contributed by atoms with Gasteiger partial charge in [0.1, 0.15) is 11.5 Å². The molecule has 3 unspecified atom stereocenters. The summed E-state index contributed by atoms with van der Waals surface area (Å²) in [5.74, 6) is 2.04. The van der Waals surface area contributed by atoms with E-state index in [-0.39, 0.29) is 24.3 Å². The predicted molar refractivity (Wildman–Crippen MR) is 118 cm³/mol. The minimum atomic E-state index is -0.516. The van der Waals surface area contributed by atoms with Gasteiger partial charge in [0.2, 0.25) is 5.91 Å². The number of aliphatic hydroxyl groups excluding tert-OH is 1. The number of carbonyl (C=O) groups is 1. The van der Waals surface area contributed by atoms with E-state index in [1.54, 1.807) is 7.11 Å². The van der Waals surface area contributed by atoms with E-state index in [1.165, 1.54) is 5.56 Å². The Kier molecular flexibility index (Phi) is 7.75. The number of hydrogen-bond donors (Lipinski definition) is 2. The summed E-state index contributed by atoms with van der Waals surface area (Å²) in [6.45, 7) is 4.80. The van der Waals surface area contributed by atoms with Crippen LogP contribution < -0.4 is 14.8 Å². The van der Waals surface area contributed by atoms with E-state index in [2.05, 4.69) is 31.3 Å². The molecule has 5 heteroatoms. The highest BCUT2D eigenvalue weighted by Crippen LogP contribution is 2.47. The van der Waals surface area contributed by atoms with Crippen molar-refractivity contribution in [1.29, 1.82) is 0 Å². The van der Waals surface area contributed by atoms with Crippen molar-refractivity contribution in [2.24, 2.45) is 11.8 Å². The van der Waals surface area contributed by atoms with Gasteiger partial charge in [-0.2, -0.15) is 0 Å². The first-order chi connectivity index (χ1) is 14.6. The largest absolute Gasteiger partial charge is 0.496 e. The first kappa shape index (κ1) is 22.2. The van der Waals surface area contributed by atoms with Gasteiger partial charge in [-0.3, -0.25) is 4.79 Å². The van der Waals surface area contributed by atoms with E-state index in [9.17, 15) is 9.90 Å². The Labute approximate surface area is 179 Å². The second-order valence-corrected chi connectivity index (χ2v) is 8.00. The third-order valence-corrected chi connectivity index (χ3v) is 6.07. The molecule has 1 fully saturated rings. The number of amides is 1. The zero-order valence-electron chi connectivity index (χ0n) is 18.1. The molecule has 1 saturated carbocycles. The lowest BCUT2D eigenvalue weighted by Gasteiger charge is -2.21. The van der Waals surface area contributed by atoms with E-state index in [0.29, 0.717) is 18.3 Å². The normalized spacial score (nSPS) is 18.7. The Morgan fingerprint density at radius 1 is 1.17 bits per heavy atom. The fraction of sp³-hybridized carbons (Fsp3) is 0.480. The third kappa shape index (κ3) is 5.33. The molecule has 0 aromatic heterocycles. The number of rotatable bonds is 11. The second-order valence-electron chi connectivity index (χ2n) is 8.00. The molecule has 0 spiro atoms. The number of carbonyl (C=O) groups excluding carboxylic acids is 1. The van der Waals surface area contributed by atoms with Crippen molar-refractivity contribution < 1.29 is 19.4 Å². The number of ether oxygens (including phenoxy) is 2. The van der Waals surface area contributed by atoms with Crippen LogP contribution in [0.3, 0.4) is 0 Å². The smallest absolute Gasteiger partial charge is 0.224 e. The van der Waals surface area contributed by atoms with Crippen LogP contribution in [-0.4, -0.2) is 31.3 Å². The van der Waals surface area contributed by atoms with Gasteiger partial charge in [-0.1, -0.05) is 57.0 Å². The summed E-state index contributed by atoms with van der Waals surface area (Å²) < 4.78 is 11.5. The van der Waals surface area contributed by atoms with Crippen molar-refractivity contribution in [3.8, 4) is 11.5 Å². The monoisotopic (exact) mass is 411 g/mol. The Hall–Kier alpha value is -2.53. The molecule has 3 atom stereocenters. The summed E-state index contributed by atoms with van der Waals surface area (Å²) in [6, 6.07) is 15.1. The SMILES string of the molecule is CCC(CC)COc1ccc(C(CO)NC(=O)C2CC2c2ccccc2)c(OC)c1. The van der Waals surface area contributed by atoms with Gasteiger partial charge in [-0.15, -0.1) is 0 Å². The Morgan fingerprint density at radius 2 is 1.90 bits per heavy atom. The zero-order chi connectivity index (χ0) is 21.5. The molecule has 30 heavy (non-hydrogen) atoms. The van der Waals surface area contributed by atoms with E-state index in [1.807, 2.05) is 36.4 Å². The van der Waals surface area contributed by atoms with Gasteiger partial charge in [-0.25, -0.2) is 0 Å². The van der Waals surface area contributed by atoms with Crippen LogP contribution in [-0.2, 0) is 4.79 Å². The van der Waals surface area contributed by atoms with Gasteiger partial charge in [0, 0.05) is 17.5 Å². The molecule has 0 aliphatic heterocycles. The van der Waals surface area contributed by atoms with E-state index >= 15 is 0 Å². The Morgan fingerprint density at radius 3 is 2.53 bits per heavy atom. The number of aliphatic hydroxyl groups is 1. The van der Waals surface area contributed by atoms with Crippen molar-refractivity contribution in [3.63, 3.8) is 0 Å². The number of hydrogen-bond acceptors (Lipinski definition) is 4. The quantitative estimate of drug-likeness (QED) is 0.573. The Balaban J connectivity index is 1.65. The average Bonchev–Trinajstić information content (AvgIpc) is 3.60. The highest BCUT2D eigenvalue weighted by molar-refractivity contribution is 5.83. The van der Waals surface area contributed by atoms with Gasteiger partial charge in [0.05, 0.1) is 26.4 Å².